The first-order valence-electron chi connectivity index (χ1n) is 5.16. The largest absolute Gasteiger partial charge is 0.376 e. The summed E-state index contributed by atoms with van der Waals surface area (Å²) in [6.45, 7) is 3.10. The molecule has 78 valence electrons. The number of aryl methyl sites for hydroxylation is 1. The zero-order valence-electron chi connectivity index (χ0n) is 8.75. The van der Waals surface area contributed by atoms with Crippen LogP contribution in [0.5, 0.6) is 0 Å². The van der Waals surface area contributed by atoms with Crippen LogP contribution in [0.15, 0.2) is 11.4 Å². The Balaban J connectivity index is 2.16. The second-order valence-electron chi connectivity index (χ2n) is 3.75. The van der Waals surface area contributed by atoms with Gasteiger partial charge in [-0.25, -0.2) is 0 Å². The van der Waals surface area contributed by atoms with Gasteiger partial charge in [0.25, 0.3) is 0 Å². The van der Waals surface area contributed by atoms with Crippen LogP contribution in [0.1, 0.15) is 29.3 Å². The van der Waals surface area contributed by atoms with E-state index in [-0.39, 0.29) is 0 Å². The van der Waals surface area contributed by atoms with Crippen LogP contribution in [0.2, 0.25) is 0 Å². The summed E-state index contributed by atoms with van der Waals surface area (Å²) in [4.78, 5) is 1.40. The number of thiophene rings is 1. The minimum absolute atomic E-state index is 0.369. The van der Waals surface area contributed by atoms with Crippen molar-refractivity contribution in [3.05, 3.63) is 21.9 Å². The maximum absolute atomic E-state index is 5.73. The molecule has 1 N–H and O–H groups in total. The van der Waals surface area contributed by atoms with E-state index in [0.29, 0.717) is 12.1 Å². The number of hydrogen-bond donors (Lipinski definition) is 1. The maximum atomic E-state index is 5.73. The first-order chi connectivity index (χ1) is 6.83. The Bertz CT molecular complexity index is 291. The maximum Gasteiger partial charge on any atom is 0.0770 e. The lowest BCUT2D eigenvalue weighted by atomic mass is 10.0. The summed E-state index contributed by atoms with van der Waals surface area (Å²) in [5.41, 5.74) is 1.41. The van der Waals surface area contributed by atoms with Gasteiger partial charge in [-0.3, -0.25) is 0 Å². The molecule has 2 rings (SSSR count). The molecule has 1 aliphatic heterocycles. The van der Waals surface area contributed by atoms with Crippen molar-refractivity contribution in [1.82, 2.24) is 5.32 Å². The number of ether oxygens (including phenoxy) is 1. The molecule has 0 radical (unpaired) electrons. The van der Waals surface area contributed by atoms with Gasteiger partial charge in [0.05, 0.1) is 12.1 Å². The fourth-order valence-corrected chi connectivity index (χ4v) is 2.87. The molecular formula is C11H17NOS. The third kappa shape index (κ3) is 1.85. The van der Waals surface area contributed by atoms with Crippen LogP contribution < -0.4 is 5.32 Å². The highest BCUT2D eigenvalue weighted by Crippen LogP contribution is 2.30. The van der Waals surface area contributed by atoms with Crippen molar-refractivity contribution < 1.29 is 4.74 Å². The molecule has 1 aliphatic rings. The molecule has 0 aliphatic carbocycles. The van der Waals surface area contributed by atoms with Crippen LogP contribution in [0, 0.1) is 6.92 Å². The molecule has 0 saturated carbocycles. The molecule has 1 aromatic rings. The van der Waals surface area contributed by atoms with Gasteiger partial charge in [0.1, 0.15) is 0 Å². The van der Waals surface area contributed by atoms with Crippen LogP contribution in [-0.2, 0) is 4.74 Å². The molecule has 0 spiro atoms. The Morgan fingerprint density at radius 3 is 3.00 bits per heavy atom. The van der Waals surface area contributed by atoms with Gasteiger partial charge in [-0.2, -0.15) is 0 Å². The summed E-state index contributed by atoms with van der Waals surface area (Å²) < 4.78 is 5.73. The van der Waals surface area contributed by atoms with Crippen molar-refractivity contribution in [3.8, 4) is 0 Å². The molecule has 3 heteroatoms. The van der Waals surface area contributed by atoms with Crippen molar-refractivity contribution in [2.24, 2.45) is 0 Å². The Kier molecular flexibility index (Phi) is 3.21. The van der Waals surface area contributed by atoms with Crippen molar-refractivity contribution in [3.63, 3.8) is 0 Å². The van der Waals surface area contributed by atoms with E-state index in [4.69, 9.17) is 4.74 Å². The van der Waals surface area contributed by atoms with E-state index < -0.39 is 0 Å². The van der Waals surface area contributed by atoms with Crippen LogP contribution in [-0.4, -0.2) is 19.8 Å². The third-order valence-corrected chi connectivity index (χ3v) is 3.74. The van der Waals surface area contributed by atoms with Crippen molar-refractivity contribution in [2.75, 3.05) is 13.7 Å². The van der Waals surface area contributed by atoms with Gasteiger partial charge in [-0.1, -0.05) is 0 Å². The fraction of sp³-hybridized carbons (Fsp3) is 0.636. The zero-order chi connectivity index (χ0) is 9.97. The number of rotatable bonds is 3. The number of nitrogens with one attached hydrogen (secondary N) is 1. The highest BCUT2D eigenvalue weighted by atomic mass is 32.1. The van der Waals surface area contributed by atoms with Crippen LogP contribution in [0.3, 0.4) is 0 Å². The Morgan fingerprint density at radius 1 is 1.64 bits per heavy atom. The standard InChI is InChI=1S/C11H17NOS/c1-8-9(5-7-14-8)11(12-2)10-4-3-6-13-10/h5,7,10-12H,3-4,6H2,1-2H3. The Labute approximate surface area is 89.3 Å². The summed E-state index contributed by atoms with van der Waals surface area (Å²) in [5.74, 6) is 0. The lowest BCUT2D eigenvalue weighted by molar-refractivity contribution is 0.0807. The number of hydrogen-bond acceptors (Lipinski definition) is 3. The van der Waals surface area contributed by atoms with Crippen LogP contribution >= 0.6 is 11.3 Å². The van der Waals surface area contributed by atoms with Gasteiger partial charge < -0.3 is 10.1 Å². The lowest BCUT2D eigenvalue weighted by Crippen LogP contribution is -2.29. The SMILES string of the molecule is CNC(c1ccsc1C)C1CCCO1. The molecule has 1 saturated heterocycles. The first kappa shape index (κ1) is 10.1. The Morgan fingerprint density at radius 2 is 2.50 bits per heavy atom. The fourth-order valence-electron chi connectivity index (χ4n) is 2.12. The molecule has 2 nitrogen and oxygen atoms in total. The summed E-state index contributed by atoms with van der Waals surface area (Å²) in [6, 6.07) is 2.59. The molecule has 0 bridgehead atoms. The molecule has 2 unspecified atom stereocenters. The summed E-state index contributed by atoms with van der Waals surface area (Å²) in [5, 5.41) is 5.53. The van der Waals surface area contributed by atoms with Gasteiger partial charge in [0, 0.05) is 11.5 Å². The van der Waals surface area contributed by atoms with E-state index >= 15 is 0 Å². The predicted molar refractivity (Wildman–Crippen MR) is 59.8 cm³/mol. The summed E-state index contributed by atoms with van der Waals surface area (Å²) in [7, 11) is 2.02. The molecule has 0 amide bonds. The van der Waals surface area contributed by atoms with E-state index in [1.54, 1.807) is 0 Å². The average Bonchev–Trinajstić information content (AvgIpc) is 2.80. The van der Waals surface area contributed by atoms with Gasteiger partial charge in [0.2, 0.25) is 0 Å². The predicted octanol–water partition coefficient (Wildman–Crippen LogP) is 2.50. The minimum atomic E-state index is 0.369. The van der Waals surface area contributed by atoms with E-state index in [2.05, 4.69) is 23.7 Å². The van der Waals surface area contributed by atoms with E-state index in [1.165, 1.54) is 23.3 Å². The number of likely N-dealkylation sites (N-methyl/N-ethyl adjacent to an activating group) is 1. The van der Waals surface area contributed by atoms with E-state index in [1.807, 2.05) is 18.4 Å². The van der Waals surface area contributed by atoms with Gasteiger partial charge >= 0.3 is 0 Å². The second-order valence-corrected chi connectivity index (χ2v) is 4.87. The molecule has 2 heterocycles. The Hall–Kier alpha value is -0.380. The lowest BCUT2D eigenvalue weighted by Gasteiger charge is -2.22. The molecular weight excluding hydrogens is 194 g/mol. The first-order valence-corrected chi connectivity index (χ1v) is 6.03. The van der Waals surface area contributed by atoms with Crippen molar-refractivity contribution >= 4 is 11.3 Å². The molecule has 0 aromatic carbocycles. The average molecular weight is 211 g/mol. The van der Waals surface area contributed by atoms with Crippen LogP contribution in [0.25, 0.3) is 0 Å². The summed E-state index contributed by atoms with van der Waals surface area (Å²) in [6.07, 6.45) is 2.75. The van der Waals surface area contributed by atoms with E-state index in [0.717, 1.165) is 6.61 Å². The van der Waals surface area contributed by atoms with Crippen molar-refractivity contribution in [2.45, 2.75) is 31.9 Å². The van der Waals surface area contributed by atoms with Crippen LogP contribution in [0.4, 0.5) is 0 Å². The molecule has 14 heavy (non-hydrogen) atoms. The zero-order valence-corrected chi connectivity index (χ0v) is 9.56. The smallest absolute Gasteiger partial charge is 0.0770 e. The van der Waals surface area contributed by atoms with Gasteiger partial charge in [-0.15, -0.1) is 11.3 Å². The van der Waals surface area contributed by atoms with E-state index in [9.17, 15) is 0 Å². The topological polar surface area (TPSA) is 21.3 Å². The van der Waals surface area contributed by atoms with Gasteiger partial charge in [0.15, 0.2) is 0 Å². The molecule has 1 aromatic heterocycles. The monoisotopic (exact) mass is 211 g/mol. The third-order valence-electron chi connectivity index (χ3n) is 2.88. The summed E-state index contributed by atoms with van der Waals surface area (Å²) >= 11 is 1.81. The molecule has 1 fully saturated rings. The highest BCUT2D eigenvalue weighted by Gasteiger charge is 2.27. The second kappa shape index (κ2) is 4.43. The van der Waals surface area contributed by atoms with Gasteiger partial charge in [-0.05, 0) is 43.8 Å². The quantitative estimate of drug-likeness (QED) is 0.829. The van der Waals surface area contributed by atoms with Crippen molar-refractivity contribution in [1.29, 1.82) is 0 Å². The highest BCUT2D eigenvalue weighted by molar-refractivity contribution is 7.10. The normalized spacial score (nSPS) is 24.0. The molecule has 2 atom stereocenters. The minimum Gasteiger partial charge on any atom is -0.376 e.